The summed E-state index contributed by atoms with van der Waals surface area (Å²) in [6, 6.07) is 12.9. The van der Waals surface area contributed by atoms with Crippen molar-refractivity contribution < 1.29 is 0 Å². The summed E-state index contributed by atoms with van der Waals surface area (Å²) in [4.78, 5) is 0. The van der Waals surface area contributed by atoms with Gasteiger partial charge in [0.15, 0.2) is 0 Å². The van der Waals surface area contributed by atoms with E-state index in [-0.39, 0.29) is 0 Å². The maximum atomic E-state index is 5.45. The smallest absolute Gasteiger partial charge is 0.0347 e. The topological polar surface area (TPSA) is 38.0 Å². The Balaban J connectivity index is 2.34. The van der Waals surface area contributed by atoms with E-state index in [9.17, 15) is 0 Å². The van der Waals surface area contributed by atoms with Crippen LogP contribution in [0.2, 0.25) is 0 Å². The van der Waals surface area contributed by atoms with Crippen LogP contribution in [0.25, 0.3) is 10.8 Å². The molecule has 0 aliphatic rings. The largest absolute Gasteiger partial charge is 0.384 e. The van der Waals surface area contributed by atoms with Crippen molar-refractivity contribution in [2.75, 3.05) is 18.4 Å². The summed E-state index contributed by atoms with van der Waals surface area (Å²) in [5, 5.41) is 5.83. The number of nitrogens with one attached hydrogen (secondary N) is 1. The second-order valence-electron chi connectivity index (χ2n) is 3.78. The first-order chi connectivity index (χ1) is 7.29. The average molecular weight is 200 g/mol. The van der Waals surface area contributed by atoms with Crippen LogP contribution in [0.15, 0.2) is 36.4 Å². The number of benzene rings is 2. The summed E-state index contributed by atoms with van der Waals surface area (Å²) >= 11 is 0. The van der Waals surface area contributed by atoms with Gasteiger partial charge in [-0.15, -0.1) is 0 Å². The van der Waals surface area contributed by atoms with Crippen molar-refractivity contribution in [1.82, 2.24) is 0 Å². The third kappa shape index (κ3) is 2.28. The standard InChI is InChI=1S/C13H16N2/c1-10-2-3-12-9-13(15-7-6-14)5-4-11(12)8-10/h2-5,8-9,15H,6-7,14H2,1H3. The Labute approximate surface area is 90.1 Å². The number of rotatable bonds is 3. The van der Waals surface area contributed by atoms with Crippen molar-refractivity contribution in [2.24, 2.45) is 5.73 Å². The summed E-state index contributed by atoms with van der Waals surface area (Å²) in [5.41, 5.74) is 7.88. The Hall–Kier alpha value is -1.54. The predicted molar refractivity (Wildman–Crippen MR) is 66.2 cm³/mol. The summed E-state index contributed by atoms with van der Waals surface area (Å²) in [6.45, 7) is 3.59. The van der Waals surface area contributed by atoms with Gasteiger partial charge in [-0.05, 0) is 29.8 Å². The van der Waals surface area contributed by atoms with Crippen LogP contribution in [0, 0.1) is 6.92 Å². The number of hydrogen-bond acceptors (Lipinski definition) is 2. The highest BCUT2D eigenvalue weighted by atomic mass is 14.9. The van der Waals surface area contributed by atoms with Gasteiger partial charge in [0.25, 0.3) is 0 Å². The Morgan fingerprint density at radius 1 is 1.07 bits per heavy atom. The average Bonchev–Trinajstić information content (AvgIpc) is 2.26. The lowest BCUT2D eigenvalue weighted by Gasteiger charge is -2.06. The van der Waals surface area contributed by atoms with Gasteiger partial charge in [-0.2, -0.15) is 0 Å². The molecule has 2 aromatic carbocycles. The Morgan fingerprint density at radius 3 is 2.60 bits per heavy atom. The number of nitrogens with two attached hydrogens (primary N) is 1. The van der Waals surface area contributed by atoms with E-state index in [2.05, 4.69) is 48.6 Å². The molecular formula is C13H16N2. The molecule has 0 bridgehead atoms. The first kappa shape index (κ1) is 9.99. The van der Waals surface area contributed by atoms with Crippen molar-refractivity contribution in [3.63, 3.8) is 0 Å². The molecule has 0 aliphatic carbocycles. The lowest BCUT2D eigenvalue weighted by Crippen LogP contribution is -2.12. The van der Waals surface area contributed by atoms with Gasteiger partial charge < -0.3 is 11.1 Å². The highest BCUT2D eigenvalue weighted by Gasteiger charge is 1.95. The third-order valence-electron chi connectivity index (χ3n) is 2.47. The first-order valence-corrected chi connectivity index (χ1v) is 5.24. The van der Waals surface area contributed by atoms with Gasteiger partial charge in [0.2, 0.25) is 0 Å². The van der Waals surface area contributed by atoms with Gasteiger partial charge in [-0.3, -0.25) is 0 Å². The number of anilines is 1. The van der Waals surface area contributed by atoms with E-state index < -0.39 is 0 Å². The zero-order valence-corrected chi connectivity index (χ0v) is 8.96. The molecule has 0 aromatic heterocycles. The summed E-state index contributed by atoms with van der Waals surface area (Å²) in [5.74, 6) is 0. The van der Waals surface area contributed by atoms with E-state index in [0.29, 0.717) is 6.54 Å². The minimum absolute atomic E-state index is 0.659. The second kappa shape index (κ2) is 4.32. The van der Waals surface area contributed by atoms with Gasteiger partial charge in [0, 0.05) is 18.8 Å². The quantitative estimate of drug-likeness (QED) is 0.799. The number of aryl methyl sites for hydroxylation is 1. The fraction of sp³-hybridized carbons (Fsp3) is 0.231. The summed E-state index contributed by atoms with van der Waals surface area (Å²) < 4.78 is 0. The van der Waals surface area contributed by atoms with E-state index >= 15 is 0 Å². The molecule has 0 fully saturated rings. The molecule has 2 rings (SSSR count). The molecular weight excluding hydrogens is 184 g/mol. The van der Waals surface area contributed by atoms with E-state index in [4.69, 9.17) is 5.73 Å². The molecule has 0 unspecified atom stereocenters. The SMILES string of the molecule is Cc1ccc2cc(NCCN)ccc2c1. The monoisotopic (exact) mass is 200 g/mol. The van der Waals surface area contributed by atoms with Crippen LogP contribution in [-0.2, 0) is 0 Å². The molecule has 2 nitrogen and oxygen atoms in total. The maximum Gasteiger partial charge on any atom is 0.0347 e. The maximum absolute atomic E-state index is 5.45. The van der Waals surface area contributed by atoms with Gasteiger partial charge in [-0.25, -0.2) is 0 Å². The second-order valence-corrected chi connectivity index (χ2v) is 3.78. The van der Waals surface area contributed by atoms with Crippen LogP contribution >= 0.6 is 0 Å². The van der Waals surface area contributed by atoms with Gasteiger partial charge in [-0.1, -0.05) is 29.8 Å². The molecule has 0 spiro atoms. The lowest BCUT2D eigenvalue weighted by molar-refractivity contribution is 1.02. The summed E-state index contributed by atoms with van der Waals surface area (Å²) in [6.07, 6.45) is 0. The molecule has 0 radical (unpaired) electrons. The molecule has 0 atom stereocenters. The zero-order valence-electron chi connectivity index (χ0n) is 8.96. The Bertz CT molecular complexity index is 463. The molecule has 0 heterocycles. The lowest BCUT2D eigenvalue weighted by atomic mass is 10.1. The van der Waals surface area contributed by atoms with E-state index in [1.165, 1.54) is 16.3 Å². The fourth-order valence-electron chi connectivity index (χ4n) is 1.69. The van der Waals surface area contributed by atoms with Gasteiger partial charge >= 0.3 is 0 Å². The molecule has 2 heteroatoms. The minimum atomic E-state index is 0.659. The fourth-order valence-corrected chi connectivity index (χ4v) is 1.69. The molecule has 3 N–H and O–H groups in total. The normalized spacial score (nSPS) is 10.5. The molecule has 0 saturated heterocycles. The molecule has 15 heavy (non-hydrogen) atoms. The van der Waals surface area contributed by atoms with Crippen molar-refractivity contribution in [3.05, 3.63) is 42.0 Å². The van der Waals surface area contributed by atoms with Crippen LogP contribution < -0.4 is 11.1 Å². The molecule has 0 amide bonds. The van der Waals surface area contributed by atoms with Crippen molar-refractivity contribution in [2.45, 2.75) is 6.92 Å². The van der Waals surface area contributed by atoms with Crippen LogP contribution in [0.5, 0.6) is 0 Å². The van der Waals surface area contributed by atoms with Crippen molar-refractivity contribution in [1.29, 1.82) is 0 Å². The van der Waals surface area contributed by atoms with Gasteiger partial charge in [0.05, 0.1) is 0 Å². The molecule has 78 valence electrons. The van der Waals surface area contributed by atoms with E-state index in [0.717, 1.165) is 12.2 Å². The van der Waals surface area contributed by atoms with E-state index in [1.807, 2.05) is 0 Å². The van der Waals surface area contributed by atoms with Crippen LogP contribution in [0.1, 0.15) is 5.56 Å². The minimum Gasteiger partial charge on any atom is -0.384 e. The number of hydrogen-bond donors (Lipinski definition) is 2. The first-order valence-electron chi connectivity index (χ1n) is 5.24. The van der Waals surface area contributed by atoms with Crippen LogP contribution in [0.3, 0.4) is 0 Å². The third-order valence-corrected chi connectivity index (χ3v) is 2.47. The van der Waals surface area contributed by atoms with Crippen molar-refractivity contribution >= 4 is 16.5 Å². The molecule has 0 aliphatic heterocycles. The van der Waals surface area contributed by atoms with Gasteiger partial charge in [0.1, 0.15) is 0 Å². The molecule has 0 saturated carbocycles. The zero-order chi connectivity index (χ0) is 10.7. The molecule has 2 aromatic rings. The Morgan fingerprint density at radius 2 is 1.80 bits per heavy atom. The number of fused-ring (bicyclic) bond motifs is 1. The van der Waals surface area contributed by atoms with E-state index in [1.54, 1.807) is 0 Å². The van der Waals surface area contributed by atoms with Crippen molar-refractivity contribution in [3.8, 4) is 0 Å². The predicted octanol–water partition coefficient (Wildman–Crippen LogP) is 2.52. The highest BCUT2D eigenvalue weighted by Crippen LogP contribution is 2.20. The Kier molecular flexibility index (Phi) is 2.88. The summed E-state index contributed by atoms with van der Waals surface area (Å²) in [7, 11) is 0. The highest BCUT2D eigenvalue weighted by molar-refractivity contribution is 5.86. The van der Waals surface area contributed by atoms with Crippen LogP contribution in [0.4, 0.5) is 5.69 Å². The van der Waals surface area contributed by atoms with Crippen LogP contribution in [-0.4, -0.2) is 13.1 Å².